The molecule has 0 spiro atoms. The summed E-state index contributed by atoms with van der Waals surface area (Å²) in [4.78, 5) is 13.3. The summed E-state index contributed by atoms with van der Waals surface area (Å²) in [6.45, 7) is 9.26. The van der Waals surface area contributed by atoms with Crippen LogP contribution < -0.4 is 5.43 Å². The summed E-state index contributed by atoms with van der Waals surface area (Å²) in [6, 6.07) is 40.4. The minimum atomic E-state index is 0.00421. The van der Waals surface area contributed by atoms with Gasteiger partial charge in [-0.1, -0.05) is 100 Å². The largest absolute Gasteiger partial charge is 0.456 e. The van der Waals surface area contributed by atoms with Gasteiger partial charge in [0.15, 0.2) is 0 Å². The minimum Gasteiger partial charge on any atom is -0.456 e. The fourth-order valence-corrected chi connectivity index (χ4v) is 8.03. The van der Waals surface area contributed by atoms with Crippen LogP contribution in [-0.4, -0.2) is 4.57 Å². The maximum absolute atomic E-state index is 13.3. The highest BCUT2D eigenvalue weighted by Crippen LogP contribution is 2.48. The van der Waals surface area contributed by atoms with Crippen molar-refractivity contribution < 1.29 is 4.42 Å². The van der Waals surface area contributed by atoms with Crippen molar-refractivity contribution in [2.75, 3.05) is 0 Å². The van der Waals surface area contributed by atoms with E-state index in [1.54, 1.807) is 0 Å². The van der Waals surface area contributed by atoms with Gasteiger partial charge in [0.1, 0.15) is 11.2 Å². The maximum atomic E-state index is 13.3. The van der Waals surface area contributed by atoms with Crippen molar-refractivity contribution in [3.05, 3.63) is 148 Å². The molecule has 3 nitrogen and oxygen atoms in total. The molecule has 0 N–H and O–H groups in total. The molecule has 0 unspecified atom stereocenters. The lowest BCUT2D eigenvalue weighted by atomic mass is 9.90. The van der Waals surface area contributed by atoms with Crippen LogP contribution >= 0.6 is 0 Å². The molecule has 228 valence electrons. The summed E-state index contributed by atoms with van der Waals surface area (Å²) < 4.78 is 8.79. The average Bonchev–Trinajstić information content (AvgIpc) is 3.62. The third-order valence-corrected chi connectivity index (χ3v) is 10.1. The molecule has 6 aromatic carbocycles. The van der Waals surface area contributed by atoms with E-state index >= 15 is 0 Å². The Morgan fingerprint density at radius 3 is 2.19 bits per heavy atom. The van der Waals surface area contributed by atoms with Crippen LogP contribution in [-0.2, 0) is 6.42 Å². The topological polar surface area (TPSA) is 35.1 Å². The van der Waals surface area contributed by atoms with E-state index in [2.05, 4.69) is 105 Å². The Hall–Kier alpha value is -5.41. The molecule has 0 amide bonds. The van der Waals surface area contributed by atoms with E-state index in [0.29, 0.717) is 33.8 Å². The molecule has 0 aliphatic heterocycles. The zero-order valence-electron chi connectivity index (χ0n) is 27.1. The van der Waals surface area contributed by atoms with E-state index in [9.17, 15) is 4.79 Å². The summed E-state index contributed by atoms with van der Waals surface area (Å²) >= 11 is 0. The first-order valence-corrected chi connectivity index (χ1v) is 16.7. The van der Waals surface area contributed by atoms with Gasteiger partial charge in [-0.2, -0.15) is 0 Å². The second-order valence-electron chi connectivity index (χ2n) is 13.6. The van der Waals surface area contributed by atoms with Gasteiger partial charge in [0, 0.05) is 16.5 Å². The predicted octanol–water partition coefficient (Wildman–Crippen LogP) is 11.5. The Balaban J connectivity index is 1.33. The van der Waals surface area contributed by atoms with Crippen LogP contribution in [0, 0.1) is 0 Å². The smallest absolute Gasteiger partial charge is 0.200 e. The van der Waals surface area contributed by atoms with E-state index in [0.717, 1.165) is 23.2 Å². The zero-order chi connectivity index (χ0) is 32.0. The summed E-state index contributed by atoms with van der Waals surface area (Å²) in [7, 11) is 0. The van der Waals surface area contributed by atoms with E-state index < -0.39 is 0 Å². The molecule has 8 aromatic rings. The Morgan fingerprint density at radius 1 is 0.596 bits per heavy atom. The third-order valence-electron chi connectivity index (χ3n) is 10.1. The average molecular weight is 610 g/mol. The van der Waals surface area contributed by atoms with E-state index in [1.807, 2.05) is 42.5 Å². The lowest BCUT2D eigenvalue weighted by molar-refractivity contribution is 0.660. The first kappa shape index (κ1) is 27.9. The third kappa shape index (κ3) is 4.09. The van der Waals surface area contributed by atoms with Crippen LogP contribution in [0.25, 0.3) is 71.7 Å². The fourth-order valence-electron chi connectivity index (χ4n) is 8.03. The monoisotopic (exact) mass is 609 g/mol. The van der Waals surface area contributed by atoms with Crippen molar-refractivity contribution in [2.24, 2.45) is 0 Å². The van der Waals surface area contributed by atoms with Crippen molar-refractivity contribution in [2.45, 2.75) is 46.0 Å². The summed E-state index contributed by atoms with van der Waals surface area (Å²) in [6.07, 6.45) is 0.963. The Kier molecular flexibility index (Phi) is 6.11. The van der Waals surface area contributed by atoms with Gasteiger partial charge in [0.25, 0.3) is 0 Å². The van der Waals surface area contributed by atoms with Crippen LogP contribution in [0.1, 0.15) is 61.8 Å². The number of benzene rings is 6. The van der Waals surface area contributed by atoms with Crippen molar-refractivity contribution >= 4 is 43.7 Å². The molecule has 2 heterocycles. The van der Waals surface area contributed by atoms with Crippen LogP contribution in [0.15, 0.2) is 124 Å². The maximum Gasteiger partial charge on any atom is 0.200 e. The second-order valence-corrected chi connectivity index (χ2v) is 13.6. The molecule has 1 aliphatic carbocycles. The highest BCUT2D eigenvalue weighted by molar-refractivity contribution is 6.14. The molecule has 0 saturated carbocycles. The highest BCUT2D eigenvalue weighted by Gasteiger charge is 2.28. The van der Waals surface area contributed by atoms with Gasteiger partial charge in [0.05, 0.1) is 21.8 Å². The molecule has 3 heteroatoms. The molecule has 2 aromatic heterocycles. The first-order valence-electron chi connectivity index (χ1n) is 16.7. The van der Waals surface area contributed by atoms with Crippen LogP contribution in [0.4, 0.5) is 0 Å². The predicted molar refractivity (Wildman–Crippen MR) is 196 cm³/mol. The van der Waals surface area contributed by atoms with Crippen LogP contribution in [0.2, 0.25) is 0 Å². The van der Waals surface area contributed by atoms with Crippen LogP contribution in [0.3, 0.4) is 0 Å². The summed E-state index contributed by atoms with van der Waals surface area (Å²) in [5.74, 6) is 0.701. The highest BCUT2D eigenvalue weighted by atomic mass is 16.3. The second kappa shape index (κ2) is 10.3. The minimum absolute atomic E-state index is 0.00421. The van der Waals surface area contributed by atoms with Crippen molar-refractivity contribution in [1.29, 1.82) is 0 Å². The number of hydrogen-bond acceptors (Lipinski definition) is 2. The Bertz CT molecular complexity index is 2630. The fraction of sp³-hybridized carbons (Fsp3) is 0.159. The van der Waals surface area contributed by atoms with E-state index in [-0.39, 0.29) is 5.43 Å². The van der Waals surface area contributed by atoms with Gasteiger partial charge in [-0.3, -0.25) is 4.79 Å². The molecule has 0 saturated heterocycles. The van der Waals surface area contributed by atoms with Gasteiger partial charge in [-0.05, 0) is 105 Å². The molecular weight excluding hydrogens is 574 g/mol. The molecule has 1 aliphatic rings. The molecule has 9 rings (SSSR count). The standard InChI is InChI=1S/C44H35NO2/c1-25(2)31-16-10-17-33-38-24-36-32-14-6-5-11-29(32)22-37(36)41(26(3)4)43(38)45(42(31)33)30-13-9-12-27(21-30)28-19-20-35-40(23-28)47-39-18-8-7-15-34(39)44(35)46/h5-21,23-26H,22H2,1-4H3. The first-order chi connectivity index (χ1) is 22.9. The van der Waals surface area contributed by atoms with E-state index in [4.69, 9.17) is 4.42 Å². The number of fused-ring (bicyclic) bond motifs is 8. The molecule has 0 bridgehead atoms. The number of aromatic nitrogens is 1. The van der Waals surface area contributed by atoms with Gasteiger partial charge in [-0.25, -0.2) is 0 Å². The molecule has 0 radical (unpaired) electrons. The SMILES string of the molecule is CC(C)c1cccc2c3cc4c(c(C(C)C)c3n(-c3cccc(-c5ccc6c(=O)c7ccccc7oc6c5)c3)c12)Cc1ccccc1-4. The number of para-hydroxylation sites is 2. The normalized spacial score (nSPS) is 12.6. The lowest BCUT2D eigenvalue weighted by Gasteiger charge is -2.19. The van der Waals surface area contributed by atoms with Crippen molar-refractivity contribution in [3.8, 4) is 27.9 Å². The number of rotatable bonds is 4. The van der Waals surface area contributed by atoms with Gasteiger partial charge < -0.3 is 8.98 Å². The zero-order valence-corrected chi connectivity index (χ0v) is 27.1. The van der Waals surface area contributed by atoms with Crippen molar-refractivity contribution in [3.63, 3.8) is 0 Å². The molecule has 47 heavy (non-hydrogen) atoms. The number of nitrogens with zero attached hydrogens (tertiary/aromatic N) is 1. The van der Waals surface area contributed by atoms with Gasteiger partial charge >= 0.3 is 0 Å². The van der Waals surface area contributed by atoms with Crippen LogP contribution in [0.5, 0.6) is 0 Å². The van der Waals surface area contributed by atoms with E-state index in [1.165, 1.54) is 55.2 Å². The molecule has 0 atom stereocenters. The summed E-state index contributed by atoms with van der Waals surface area (Å²) in [5, 5.41) is 3.82. The van der Waals surface area contributed by atoms with Gasteiger partial charge in [-0.15, -0.1) is 0 Å². The lowest BCUT2D eigenvalue weighted by Crippen LogP contribution is -2.04. The Labute approximate surface area is 273 Å². The van der Waals surface area contributed by atoms with Gasteiger partial charge in [0.2, 0.25) is 5.43 Å². The quantitative estimate of drug-likeness (QED) is 0.186. The molecule has 0 fully saturated rings. The summed E-state index contributed by atoms with van der Waals surface area (Å²) in [5.41, 5.74) is 15.4. The number of hydrogen-bond donors (Lipinski definition) is 0. The molecular formula is C44H35NO2. The Morgan fingerprint density at radius 2 is 1.34 bits per heavy atom. The van der Waals surface area contributed by atoms with Crippen molar-refractivity contribution in [1.82, 2.24) is 4.57 Å².